The Labute approximate surface area is 169 Å². The predicted octanol–water partition coefficient (Wildman–Crippen LogP) is 9.23. The summed E-state index contributed by atoms with van der Waals surface area (Å²) in [5, 5.41) is 0. The summed E-state index contributed by atoms with van der Waals surface area (Å²) >= 11 is 0. The molecule has 27 heavy (non-hydrogen) atoms. The quantitative estimate of drug-likeness (QED) is 0.184. The lowest BCUT2D eigenvalue weighted by molar-refractivity contribution is 0.464. The zero-order valence-corrected chi connectivity index (χ0v) is 18.2. The maximum Gasteiger partial charge on any atom is 0.126 e. The molecule has 0 fully saturated rings. The fourth-order valence-electron chi connectivity index (χ4n) is 3.51. The van der Waals surface area contributed by atoms with Crippen molar-refractivity contribution in [2.24, 2.45) is 0 Å². The minimum absolute atomic E-state index is 0.953. The molecular formula is C26H44O. The van der Waals surface area contributed by atoms with Crippen LogP contribution in [0.15, 0.2) is 42.2 Å². The third-order valence-electron chi connectivity index (χ3n) is 5.31. The maximum atomic E-state index is 5.93. The summed E-state index contributed by atoms with van der Waals surface area (Å²) in [5.41, 5.74) is 1.50. The predicted molar refractivity (Wildman–Crippen MR) is 120 cm³/mol. The first-order valence-electron chi connectivity index (χ1n) is 11.8. The fourth-order valence-corrected chi connectivity index (χ4v) is 3.51. The first-order valence-corrected chi connectivity index (χ1v) is 11.8. The lowest BCUT2D eigenvalue weighted by Crippen LogP contribution is -1.92. The minimum Gasteiger partial charge on any atom is -0.465 e. The van der Waals surface area contributed by atoms with E-state index in [-0.39, 0.29) is 0 Å². The summed E-state index contributed by atoms with van der Waals surface area (Å²) in [6.45, 7) is 4.57. The van der Waals surface area contributed by atoms with Crippen molar-refractivity contribution in [1.82, 2.24) is 0 Å². The molecule has 0 atom stereocenters. The van der Waals surface area contributed by atoms with Crippen LogP contribution in [-0.2, 0) is 0 Å². The van der Waals surface area contributed by atoms with Crippen molar-refractivity contribution in [1.29, 1.82) is 0 Å². The monoisotopic (exact) mass is 372 g/mol. The zero-order valence-electron chi connectivity index (χ0n) is 18.2. The molecule has 1 nitrogen and oxygen atoms in total. The molecule has 0 aliphatic heterocycles. The Balaban J connectivity index is 2.28. The lowest BCUT2D eigenvalue weighted by atomic mass is 10.00. The van der Waals surface area contributed by atoms with Gasteiger partial charge >= 0.3 is 0 Å². The number of benzene rings is 1. The Bertz CT molecular complexity index is 429. The topological polar surface area (TPSA) is 9.23 Å². The van der Waals surface area contributed by atoms with E-state index < -0.39 is 0 Å². The third-order valence-corrected chi connectivity index (χ3v) is 5.31. The van der Waals surface area contributed by atoms with Gasteiger partial charge in [-0.2, -0.15) is 0 Å². The van der Waals surface area contributed by atoms with Gasteiger partial charge in [0.2, 0.25) is 0 Å². The van der Waals surface area contributed by atoms with E-state index in [1.54, 1.807) is 0 Å². The van der Waals surface area contributed by atoms with Gasteiger partial charge in [0.1, 0.15) is 5.75 Å². The van der Waals surface area contributed by atoms with Crippen LogP contribution in [0.25, 0.3) is 0 Å². The van der Waals surface area contributed by atoms with Gasteiger partial charge in [-0.05, 0) is 43.4 Å². The van der Waals surface area contributed by atoms with Crippen molar-refractivity contribution < 1.29 is 4.74 Å². The Kier molecular flexibility index (Phi) is 16.0. The van der Waals surface area contributed by atoms with Gasteiger partial charge < -0.3 is 4.74 Å². The molecule has 0 amide bonds. The van der Waals surface area contributed by atoms with Gasteiger partial charge in [0, 0.05) is 0 Å². The number of para-hydroxylation sites is 1. The minimum atomic E-state index is 0.953. The first-order chi connectivity index (χ1) is 13.4. The number of hydrogen-bond donors (Lipinski definition) is 0. The maximum absolute atomic E-state index is 5.93. The summed E-state index contributed by atoms with van der Waals surface area (Å²) < 4.78 is 5.93. The van der Waals surface area contributed by atoms with Crippen LogP contribution in [0, 0.1) is 0 Å². The average molecular weight is 373 g/mol. The Morgan fingerprint density at radius 1 is 0.630 bits per heavy atom. The molecule has 0 heterocycles. The standard InChI is InChI=1S/C26H44O/c1-3-5-7-9-11-13-16-20-25(21-17-14-12-10-8-6-4-2)24-27-26-22-18-15-19-23-26/h15,18-19,22-24H,3-14,16-17,20-21H2,1-2H3. The average Bonchev–Trinajstić information content (AvgIpc) is 2.70. The van der Waals surface area contributed by atoms with Crippen LogP contribution in [-0.4, -0.2) is 0 Å². The van der Waals surface area contributed by atoms with E-state index in [2.05, 4.69) is 13.8 Å². The molecular weight excluding hydrogens is 328 g/mol. The first kappa shape index (κ1) is 23.8. The van der Waals surface area contributed by atoms with Crippen molar-refractivity contribution in [2.45, 2.75) is 117 Å². The SMILES string of the molecule is CCCCCCCCCC(=COc1ccccc1)CCCCCCCCC. The van der Waals surface area contributed by atoms with Gasteiger partial charge in [0.05, 0.1) is 6.26 Å². The van der Waals surface area contributed by atoms with E-state index in [0.29, 0.717) is 0 Å². The van der Waals surface area contributed by atoms with Crippen molar-refractivity contribution in [3.63, 3.8) is 0 Å². The van der Waals surface area contributed by atoms with E-state index >= 15 is 0 Å². The van der Waals surface area contributed by atoms with Gasteiger partial charge in [-0.25, -0.2) is 0 Å². The van der Waals surface area contributed by atoms with Crippen molar-refractivity contribution in [3.05, 3.63) is 42.2 Å². The molecule has 0 aliphatic carbocycles. The van der Waals surface area contributed by atoms with Crippen LogP contribution in [0.2, 0.25) is 0 Å². The van der Waals surface area contributed by atoms with Crippen molar-refractivity contribution in [2.75, 3.05) is 0 Å². The molecule has 0 spiro atoms. The Morgan fingerprint density at radius 2 is 1.07 bits per heavy atom. The second-order valence-corrected chi connectivity index (χ2v) is 7.95. The van der Waals surface area contributed by atoms with Crippen LogP contribution in [0.5, 0.6) is 5.75 Å². The summed E-state index contributed by atoms with van der Waals surface area (Å²) in [4.78, 5) is 0. The second kappa shape index (κ2) is 18.1. The fraction of sp³-hybridized carbons (Fsp3) is 0.692. The van der Waals surface area contributed by atoms with Crippen molar-refractivity contribution in [3.8, 4) is 5.75 Å². The Morgan fingerprint density at radius 3 is 1.56 bits per heavy atom. The van der Waals surface area contributed by atoms with E-state index in [0.717, 1.165) is 5.75 Å². The van der Waals surface area contributed by atoms with Gasteiger partial charge in [-0.1, -0.05) is 109 Å². The highest BCUT2D eigenvalue weighted by Gasteiger charge is 2.01. The normalized spacial score (nSPS) is 10.7. The number of ether oxygens (including phenoxy) is 1. The molecule has 0 N–H and O–H groups in total. The molecule has 154 valence electrons. The van der Waals surface area contributed by atoms with E-state index in [1.807, 2.05) is 36.6 Å². The molecule has 1 aromatic rings. The summed E-state index contributed by atoms with van der Waals surface area (Å²) in [7, 11) is 0. The summed E-state index contributed by atoms with van der Waals surface area (Å²) in [6.07, 6.45) is 23.7. The zero-order chi connectivity index (χ0) is 19.4. The van der Waals surface area contributed by atoms with Crippen molar-refractivity contribution >= 4 is 0 Å². The molecule has 0 unspecified atom stereocenters. The second-order valence-electron chi connectivity index (χ2n) is 7.95. The smallest absolute Gasteiger partial charge is 0.126 e. The van der Waals surface area contributed by atoms with Gasteiger partial charge in [0.25, 0.3) is 0 Å². The lowest BCUT2D eigenvalue weighted by Gasteiger charge is -2.09. The highest BCUT2D eigenvalue weighted by molar-refractivity contribution is 5.22. The van der Waals surface area contributed by atoms with Crippen LogP contribution in [0.3, 0.4) is 0 Å². The molecule has 0 saturated heterocycles. The van der Waals surface area contributed by atoms with E-state index in [1.165, 1.54) is 108 Å². The number of hydrogen-bond acceptors (Lipinski definition) is 1. The highest BCUT2D eigenvalue weighted by Crippen LogP contribution is 2.20. The van der Waals surface area contributed by atoms with Crippen LogP contribution >= 0.6 is 0 Å². The van der Waals surface area contributed by atoms with Crippen LogP contribution in [0.4, 0.5) is 0 Å². The number of unbranched alkanes of at least 4 members (excludes halogenated alkanes) is 12. The van der Waals surface area contributed by atoms with Gasteiger partial charge in [-0.3, -0.25) is 0 Å². The van der Waals surface area contributed by atoms with Gasteiger partial charge in [-0.15, -0.1) is 0 Å². The molecule has 0 aliphatic rings. The van der Waals surface area contributed by atoms with E-state index in [4.69, 9.17) is 4.74 Å². The summed E-state index contributed by atoms with van der Waals surface area (Å²) in [5.74, 6) is 0.953. The molecule has 0 radical (unpaired) electrons. The third kappa shape index (κ3) is 14.5. The van der Waals surface area contributed by atoms with E-state index in [9.17, 15) is 0 Å². The molecule has 1 aromatic carbocycles. The number of allylic oxidation sites excluding steroid dienone is 1. The number of rotatable bonds is 18. The summed E-state index contributed by atoms with van der Waals surface area (Å²) in [6, 6.07) is 10.2. The van der Waals surface area contributed by atoms with Crippen LogP contribution < -0.4 is 4.74 Å². The highest BCUT2D eigenvalue weighted by atomic mass is 16.5. The molecule has 0 bridgehead atoms. The van der Waals surface area contributed by atoms with Crippen LogP contribution in [0.1, 0.15) is 117 Å². The molecule has 1 heteroatoms. The molecule has 1 rings (SSSR count). The van der Waals surface area contributed by atoms with Gasteiger partial charge in [0.15, 0.2) is 0 Å². The molecule has 0 aromatic heterocycles. The largest absolute Gasteiger partial charge is 0.465 e. The molecule has 0 saturated carbocycles. The Hall–Kier alpha value is -1.24.